The summed E-state index contributed by atoms with van der Waals surface area (Å²) in [4.78, 5) is 13.2. The lowest BCUT2D eigenvalue weighted by Gasteiger charge is -2.34. The van der Waals surface area contributed by atoms with Gasteiger partial charge in [0.15, 0.2) is 0 Å². The Morgan fingerprint density at radius 3 is 2.56 bits per heavy atom. The van der Waals surface area contributed by atoms with Gasteiger partial charge in [0, 0.05) is 16.0 Å². The Morgan fingerprint density at radius 2 is 1.89 bits per heavy atom. The highest BCUT2D eigenvalue weighted by Crippen LogP contribution is 2.43. The SMILES string of the molecule is CCOC(=O)c1ccc(C#Cc2ccc3c(c2)C(C)(CC)CCS3)cc1Cl. The molecule has 1 aliphatic heterocycles. The average Bonchev–Trinajstić information content (AvgIpc) is 2.67. The van der Waals surface area contributed by atoms with Crippen LogP contribution in [0.5, 0.6) is 0 Å². The van der Waals surface area contributed by atoms with E-state index in [2.05, 4.69) is 43.9 Å². The number of hydrogen-bond acceptors (Lipinski definition) is 3. The Balaban J connectivity index is 1.87. The third-order valence-electron chi connectivity index (χ3n) is 5.14. The normalized spacial score (nSPS) is 18.2. The molecule has 0 radical (unpaired) electrons. The third kappa shape index (κ3) is 4.34. The number of fused-ring (bicyclic) bond motifs is 1. The second-order valence-corrected chi connectivity index (χ2v) is 8.43. The summed E-state index contributed by atoms with van der Waals surface area (Å²) < 4.78 is 5.00. The molecule has 0 spiro atoms. The highest BCUT2D eigenvalue weighted by molar-refractivity contribution is 7.99. The summed E-state index contributed by atoms with van der Waals surface area (Å²) in [5.41, 5.74) is 3.78. The first-order valence-electron chi connectivity index (χ1n) is 9.23. The smallest absolute Gasteiger partial charge is 0.339 e. The van der Waals surface area contributed by atoms with Crippen molar-refractivity contribution in [2.75, 3.05) is 12.4 Å². The van der Waals surface area contributed by atoms with Gasteiger partial charge in [0.25, 0.3) is 0 Å². The van der Waals surface area contributed by atoms with E-state index in [1.165, 1.54) is 22.6 Å². The summed E-state index contributed by atoms with van der Waals surface area (Å²) in [6, 6.07) is 11.7. The van der Waals surface area contributed by atoms with Crippen molar-refractivity contribution in [3.63, 3.8) is 0 Å². The first-order chi connectivity index (χ1) is 13.0. The fourth-order valence-electron chi connectivity index (χ4n) is 3.20. The molecule has 140 valence electrons. The number of carbonyl (C=O) groups is 1. The Hall–Kier alpha value is -1.89. The van der Waals surface area contributed by atoms with Crippen molar-refractivity contribution in [1.29, 1.82) is 0 Å². The van der Waals surface area contributed by atoms with Crippen LogP contribution in [-0.2, 0) is 10.2 Å². The number of ether oxygens (including phenoxy) is 1. The molecule has 2 nitrogen and oxygen atoms in total. The van der Waals surface area contributed by atoms with E-state index in [-0.39, 0.29) is 5.41 Å². The van der Waals surface area contributed by atoms with Gasteiger partial charge in [0.05, 0.1) is 17.2 Å². The van der Waals surface area contributed by atoms with Crippen molar-refractivity contribution in [1.82, 2.24) is 0 Å². The molecule has 0 aromatic heterocycles. The molecular weight excluding hydrogens is 376 g/mol. The first-order valence-corrected chi connectivity index (χ1v) is 10.6. The summed E-state index contributed by atoms with van der Waals surface area (Å²) in [5.74, 6) is 7.16. The summed E-state index contributed by atoms with van der Waals surface area (Å²) in [7, 11) is 0. The summed E-state index contributed by atoms with van der Waals surface area (Å²) in [6.07, 6.45) is 2.32. The van der Waals surface area contributed by atoms with Crippen LogP contribution in [0.3, 0.4) is 0 Å². The second-order valence-electron chi connectivity index (χ2n) is 6.89. The van der Waals surface area contributed by atoms with Gasteiger partial charge in [-0.1, -0.05) is 37.3 Å². The standard InChI is InChI=1S/C23H23ClO2S/c1-4-23(3)12-13-27-21-11-9-16(14-19(21)23)6-7-17-8-10-18(20(24)15-17)22(25)26-5-2/h8-11,14-15H,4-5,12-13H2,1-3H3. The van der Waals surface area contributed by atoms with Crippen LogP contribution in [0, 0.1) is 11.8 Å². The molecule has 3 rings (SSSR count). The first kappa shape index (κ1) is 19.9. The Labute approximate surface area is 170 Å². The Morgan fingerprint density at radius 1 is 1.19 bits per heavy atom. The van der Waals surface area contributed by atoms with E-state index in [0.717, 1.165) is 17.5 Å². The minimum atomic E-state index is -0.409. The highest BCUT2D eigenvalue weighted by atomic mass is 35.5. The van der Waals surface area contributed by atoms with Gasteiger partial charge in [-0.3, -0.25) is 0 Å². The number of carbonyl (C=O) groups excluding carboxylic acids is 1. The van der Waals surface area contributed by atoms with Gasteiger partial charge >= 0.3 is 5.97 Å². The zero-order chi connectivity index (χ0) is 19.4. The zero-order valence-corrected chi connectivity index (χ0v) is 17.5. The topological polar surface area (TPSA) is 26.3 Å². The maximum atomic E-state index is 11.8. The number of benzene rings is 2. The van der Waals surface area contributed by atoms with Crippen LogP contribution in [0.4, 0.5) is 0 Å². The largest absolute Gasteiger partial charge is 0.462 e. The maximum Gasteiger partial charge on any atom is 0.339 e. The number of rotatable bonds is 3. The average molecular weight is 399 g/mol. The molecule has 0 saturated heterocycles. The molecule has 1 atom stereocenters. The Kier molecular flexibility index (Phi) is 6.19. The summed E-state index contributed by atoms with van der Waals surface area (Å²) >= 11 is 8.15. The molecule has 0 amide bonds. The molecule has 27 heavy (non-hydrogen) atoms. The molecule has 0 fully saturated rings. The third-order valence-corrected chi connectivity index (χ3v) is 6.53. The van der Waals surface area contributed by atoms with Crippen molar-refractivity contribution in [2.24, 2.45) is 0 Å². The van der Waals surface area contributed by atoms with Crippen molar-refractivity contribution in [3.8, 4) is 11.8 Å². The predicted octanol–water partition coefficient (Wildman–Crippen LogP) is 6.08. The lowest BCUT2D eigenvalue weighted by molar-refractivity contribution is 0.0526. The van der Waals surface area contributed by atoms with E-state index in [0.29, 0.717) is 17.2 Å². The lowest BCUT2D eigenvalue weighted by atomic mass is 9.77. The van der Waals surface area contributed by atoms with Crippen LogP contribution < -0.4 is 0 Å². The van der Waals surface area contributed by atoms with E-state index < -0.39 is 5.97 Å². The number of halogens is 1. The highest BCUT2D eigenvalue weighted by Gasteiger charge is 2.30. The molecule has 0 N–H and O–H groups in total. The van der Waals surface area contributed by atoms with Gasteiger partial charge in [-0.05, 0) is 72.9 Å². The maximum absolute atomic E-state index is 11.8. The van der Waals surface area contributed by atoms with E-state index in [9.17, 15) is 4.79 Å². The quantitative estimate of drug-likeness (QED) is 0.463. The van der Waals surface area contributed by atoms with Crippen LogP contribution in [0.25, 0.3) is 0 Å². The van der Waals surface area contributed by atoms with Crippen molar-refractivity contribution >= 4 is 29.3 Å². The van der Waals surface area contributed by atoms with Crippen LogP contribution >= 0.6 is 23.4 Å². The predicted molar refractivity (Wildman–Crippen MR) is 113 cm³/mol. The van der Waals surface area contributed by atoms with Gasteiger partial charge in [0.1, 0.15) is 0 Å². The lowest BCUT2D eigenvalue weighted by Crippen LogP contribution is -2.25. The minimum absolute atomic E-state index is 0.225. The van der Waals surface area contributed by atoms with E-state index in [1.807, 2.05) is 11.8 Å². The van der Waals surface area contributed by atoms with Crippen LogP contribution in [0.1, 0.15) is 60.7 Å². The van der Waals surface area contributed by atoms with Gasteiger partial charge in [-0.15, -0.1) is 11.8 Å². The van der Waals surface area contributed by atoms with E-state index >= 15 is 0 Å². The molecular formula is C23H23ClO2S. The fraction of sp³-hybridized carbons (Fsp3) is 0.348. The van der Waals surface area contributed by atoms with Crippen molar-refractivity contribution in [2.45, 2.75) is 43.9 Å². The van der Waals surface area contributed by atoms with Gasteiger partial charge in [-0.25, -0.2) is 4.79 Å². The van der Waals surface area contributed by atoms with E-state index in [4.69, 9.17) is 16.3 Å². The van der Waals surface area contributed by atoms with E-state index in [1.54, 1.807) is 25.1 Å². The fourth-order valence-corrected chi connectivity index (χ4v) is 4.86. The molecule has 2 aromatic carbocycles. The monoisotopic (exact) mass is 398 g/mol. The van der Waals surface area contributed by atoms with Crippen molar-refractivity contribution in [3.05, 3.63) is 63.7 Å². The molecule has 1 heterocycles. The molecule has 1 unspecified atom stereocenters. The van der Waals surface area contributed by atoms with Crippen LogP contribution in [0.2, 0.25) is 5.02 Å². The summed E-state index contributed by atoms with van der Waals surface area (Å²) in [6.45, 7) is 6.69. The second kappa shape index (κ2) is 8.42. The van der Waals surface area contributed by atoms with Gasteiger partial charge < -0.3 is 4.74 Å². The minimum Gasteiger partial charge on any atom is -0.462 e. The Bertz CT molecular complexity index is 926. The van der Waals surface area contributed by atoms with Crippen molar-refractivity contribution < 1.29 is 9.53 Å². The number of thioether (sulfide) groups is 1. The number of esters is 1. The zero-order valence-electron chi connectivity index (χ0n) is 15.9. The number of hydrogen-bond donors (Lipinski definition) is 0. The molecule has 1 aliphatic rings. The van der Waals surface area contributed by atoms with Gasteiger partial charge in [-0.2, -0.15) is 0 Å². The molecule has 2 aromatic rings. The summed E-state index contributed by atoms with van der Waals surface area (Å²) in [5, 5.41) is 0.362. The van der Waals surface area contributed by atoms with Crippen LogP contribution in [0.15, 0.2) is 41.3 Å². The molecule has 0 bridgehead atoms. The molecule has 0 saturated carbocycles. The molecule has 4 heteroatoms. The molecule has 0 aliphatic carbocycles. The van der Waals surface area contributed by atoms with Gasteiger partial charge in [0.2, 0.25) is 0 Å². The van der Waals surface area contributed by atoms with Crippen LogP contribution in [-0.4, -0.2) is 18.3 Å².